The molecule has 0 fully saturated rings. The van der Waals surface area contributed by atoms with Crippen molar-refractivity contribution >= 4 is 58.2 Å². The third kappa shape index (κ3) is 5.32. The van der Waals surface area contributed by atoms with E-state index in [0.29, 0.717) is 37.6 Å². The van der Waals surface area contributed by atoms with Crippen LogP contribution in [0.5, 0.6) is 0 Å². The van der Waals surface area contributed by atoms with Gasteiger partial charge in [0.25, 0.3) is 0 Å². The van der Waals surface area contributed by atoms with Crippen molar-refractivity contribution in [1.82, 2.24) is 10.2 Å². The lowest BCUT2D eigenvalue weighted by Crippen LogP contribution is -2.48. The molecule has 0 aliphatic rings. The molecule has 2 amide bonds. The Morgan fingerprint density at radius 1 is 0.929 bits per heavy atom. The second kappa shape index (κ2) is 10.4. The Kier molecular flexibility index (Phi) is 8.44. The molecular weight excluding hydrogens is 442 g/mol. The normalized spacial score (nSPS) is 11.8. The lowest BCUT2D eigenvalue weighted by Gasteiger charge is -2.31. The van der Waals surface area contributed by atoms with Crippen LogP contribution in [0, 0.1) is 0 Å². The van der Waals surface area contributed by atoms with Crippen LogP contribution in [0.2, 0.25) is 20.1 Å². The van der Waals surface area contributed by atoms with Crippen molar-refractivity contribution in [3.63, 3.8) is 0 Å². The molecule has 0 radical (unpaired) electrons. The van der Waals surface area contributed by atoms with Crippen LogP contribution >= 0.6 is 46.4 Å². The van der Waals surface area contributed by atoms with Crippen LogP contribution in [0.3, 0.4) is 0 Å². The number of nitrogens with one attached hydrogen (secondary N) is 1. The van der Waals surface area contributed by atoms with Gasteiger partial charge in [0.1, 0.15) is 6.04 Å². The molecule has 0 aliphatic heterocycles. The summed E-state index contributed by atoms with van der Waals surface area (Å²) in [7, 11) is 1.53. The first-order valence-electron chi connectivity index (χ1n) is 8.66. The minimum Gasteiger partial charge on any atom is -0.357 e. The summed E-state index contributed by atoms with van der Waals surface area (Å²) in [4.78, 5) is 27.1. The van der Waals surface area contributed by atoms with Crippen LogP contribution in [0.4, 0.5) is 0 Å². The average Bonchev–Trinajstić information content (AvgIpc) is 2.66. The highest BCUT2D eigenvalue weighted by molar-refractivity contribution is 6.36. The number of halogens is 4. The highest BCUT2D eigenvalue weighted by atomic mass is 35.5. The second-order valence-electron chi connectivity index (χ2n) is 6.14. The van der Waals surface area contributed by atoms with Crippen LogP contribution in [0.15, 0.2) is 36.4 Å². The number of rotatable bonds is 7. The van der Waals surface area contributed by atoms with E-state index < -0.39 is 6.04 Å². The number of hydrogen-bond acceptors (Lipinski definition) is 2. The fourth-order valence-electron chi connectivity index (χ4n) is 2.89. The first-order chi connectivity index (χ1) is 13.3. The molecule has 0 heterocycles. The van der Waals surface area contributed by atoms with E-state index in [-0.39, 0.29) is 24.8 Å². The van der Waals surface area contributed by atoms with Crippen molar-refractivity contribution in [3.05, 3.63) is 67.6 Å². The molecule has 4 nitrogen and oxygen atoms in total. The number of hydrogen-bond donors (Lipinski definition) is 1. The highest BCUT2D eigenvalue weighted by Crippen LogP contribution is 2.29. The van der Waals surface area contributed by atoms with Gasteiger partial charge in [0.2, 0.25) is 11.8 Å². The van der Waals surface area contributed by atoms with E-state index in [1.165, 1.54) is 11.9 Å². The van der Waals surface area contributed by atoms with E-state index in [1.807, 2.05) is 6.92 Å². The number of carbonyl (C=O) groups is 2. The summed E-state index contributed by atoms with van der Waals surface area (Å²) in [6, 6.07) is 9.46. The van der Waals surface area contributed by atoms with E-state index in [0.717, 1.165) is 0 Å². The minimum absolute atomic E-state index is 0.0475. The summed E-state index contributed by atoms with van der Waals surface area (Å²) < 4.78 is 0. The van der Waals surface area contributed by atoms with Gasteiger partial charge in [-0.1, -0.05) is 65.5 Å². The molecule has 2 rings (SSSR count). The number of nitrogens with zero attached hydrogens (tertiary/aromatic N) is 1. The third-order valence-electron chi connectivity index (χ3n) is 4.41. The molecule has 28 heavy (non-hydrogen) atoms. The van der Waals surface area contributed by atoms with E-state index in [9.17, 15) is 9.59 Å². The maximum absolute atomic E-state index is 13.2. The molecule has 0 bridgehead atoms. The van der Waals surface area contributed by atoms with Crippen LogP contribution in [0.1, 0.15) is 24.5 Å². The van der Waals surface area contributed by atoms with Crippen molar-refractivity contribution in [2.24, 2.45) is 0 Å². The van der Waals surface area contributed by atoms with Gasteiger partial charge in [-0.05, 0) is 36.2 Å². The van der Waals surface area contributed by atoms with Crippen molar-refractivity contribution in [1.29, 1.82) is 0 Å². The molecule has 1 atom stereocenters. The Morgan fingerprint density at radius 2 is 1.39 bits per heavy atom. The third-order valence-corrected chi connectivity index (χ3v) is 5.83. The summed E-state index contributed by atoms with van der Waals surface area (Å²) in [6.07, 6.45) is 0.373. The van der Waals surface area contributed by atoms with Gasteiger partial charge in [-0.25, -0.2) is 0 Å². The van der Waals surface area contributed by atoms with E-state index in [2.05, 4.69) is 5.32 Å². The van der Waals surface area contributed by atoms with Gasteiger partial charge < -0.3 is 10.2 Å². The summed E-state index contributed by atoms with van der Waals surface area (Å²) in [5.41, 5.74) is 1.09. The predicted octanol–water partition coefficient (Wildman–Crippen LogP) is 5.40. The molecule has 1 N–H and O–H groups in total. The van der Waals surface area contributed by atoms with Gasteiger partial charge in [-0.3, -0.25) is 9.59 Å². The van der Waals surface area contributed by atoms with Crippen LogP contribution in [0.25, 0.3) is 0 Å². The van der Waals surface area contributed by atoms with Crippen molar-refractivity contribution in [3.8, 4) is 0 Å². The lowest BCUT2D eigenvalue weighted by atomic mass is 10.1. The summed E-state index contributed by atoms with van der Waals surface area (Å²) in [5.74, 6) is -0.578. The van der Waals surface area contributed by atoms with Crippen LogP contribution < -0.4 is 5.32 Å². The predicted molar refractivity (Wildman–Crippen MR) is 115 cm³/mol. The zero-order valence-electron chi connectivity index (χ0n) is 15.4. The molecule has 1 unspecified atom stereocenters. The molecule has 0 spiro atoms. The highest BCUT2D eigenvalue weighted by Gasteiger charge is 2.29. The Morgan fingerprint density at radius 3 is 1.82 bits per heavy atom. The van der Waals surface area contributed by atoms with E-state index in [4.69, 9.17) is 46.4 Å². The van der Waals surface area contributed by atoms with Gasteiger partial charge in [-0.2, -0.15) is 0 Å². The maximum atomic E-state index is 13.2. The Labute approximate surface area is 184 Å². The van der Waals surface area contributed by atoms with Gasteiger partial charge in [-0.15, -0.1) is 0 Å². The van der Waals surface area contributed by atoms with Crippen LogP contribution in [-0.2, 0) is 22.6 Å². The smallest absolute Gasteiger partial charge is 0.242 e. The molecule has 0 aliphatic carbocycles. The molecule has 2 aromatic rings. The van der Waals surface area contributed by atoms with Gasteiger partial charge in [0, 0.05) is 39.2 Å². The monoisotopic (exact) mass is 460 g/mol. The molecule has 8 heteroatoms. The Bertz CT molecular complexity index is 833. The Hall–Kier alpha value is -1.46. The number of benzene rings is 2. The van der Waals surface area contributed by atoms with E-state index in [1.54, 1.807) is 36.4 Å². The lowest BCUT2D eigenvalue weighted by molar-refractivity contribution is -0.140. The first kappa shape index (κ1) is 22.8. The van der Waals surface area contributed by atoms with Crippen molar-refractivity contribution in [2.75, 3.05) is 7.05 Å². The molecule has 0 saturated carbocycles. The topological polar surface area (TPSA) is 49.4 Å². The standard InChI is InChI=1S/C20H20Cl4N2O2/c1-3-18(20(28)25-2)26(11-13-16(23)8-5-9-17(13)24)19(27)10-12-14(21)6-4-7-15(12)22/h4-9,18H,3,10-11H2,1-2H3,(H,25,28). The summed E-state index contributed by atoms with van der Waals surface area (Å²) >= 11 is 25.0. The number of likely N-dealkylation sites (N-methyl/N-ethyl adjacent to an activating group) is 1. The largest absolute Gasteiger partial charge is 0.357 e. The number of carbonyl (C=O) groups excluding carboxylic acids is 2. The van der Waals surface area contributed by atoms with Crippen LogP contribution in [-0.4, -0.2) is 29.8 Å². The molecule has 2 aromatic carbocycles. The quantitative estimate of drug-likeness (QED) is 0.600. The summed E-state index contributed by atoms with van der Waals surface area (Å²) in [5, 5.41) is 4.24. The molecule has 0 saturated heterocycles. The second-order valence-corrected chi connectivity index (χ2v) is 7.77. The Balaban J connectivity index is 2.42. The maximum Gasteiger partial charge on any atom is 0.242 e. The minimum atomic E-state index is -0.689. The van der Waals surface area contributed by atoms with Crippen molar-refractivity contribution in [2.45, 2.75) is 32.4 Å². The van der Waals surface area contributed by atoms with E-state index >= 15 is 0 Å². The van der Waals surface area contributed by atoms with Gasteiger partial charge in [0.15, 0.2) is 0 Å². The fraction of sp³-hybridized carbons (Fsp3) is 0.300. The molecule has 0 aromatic heterocycles. The number of amides is 2. The molecular formula is C20H20Cl4N2O2. The first-order valence-corrected chi connectivity index (χ1v) is 10.2. The SMILES string of the molecule is CCC(C(=O)NC)N(Cc1c(Cl)cccc1Cl)C(=O)Cc1c(Cl)cccc1Cl. The zero-order valence-corrected chi connectivity index (χ0v) is 18.5. The average molecular weight is 462 g/mol. The molecule has 150 valence electrons. The summed E-state index contributed by atoms with van der Waals surface area (Å²) in [6.45, 7) is 1.92. The van der Waals surface area contributed by atoms with Gasteiger partial charge in [0.05, 0.1) is 6.42 Å². The van der Waals surface area contributed by atoms with Crippen molar-refractivity contribution < 1.29 is 9.59 Å². The van der Waals surface area contributed by atoms with Gasteiger partial charge >= 0.3 is 0 Å². The zero-order chi connectivity index (χ0) is 20.8. The fourth-order valence-corrected chi connectivity index (χ4v) is 3.94.